The lowest BCUT2D eigenvalue weighted by molar-refractivity contribution is 0.439. The monoisotopic (exact) mass is 261 g/mol. The van der Waals surface area contributed by atoms with Gasteiger partial charge < -0.3 is 14.7 Å². The van der Waals surface area contributed by atoms with Gasteiger partial charge in [-0.15, -0.1) is 0 Å². The predicted octanol–water partition coefficient (Wildman–Crippen LogP) is 3.23. The molecular formula is C12H8ClN3O2. The number of aromatic nitrogens is 2. The summed E-state index contributed by atoms with van der Waals surface area (Å²) in [5, 5.41) is 4.17. The van der Waals surface area contributed by atoms with Gasteiger partial charge in [0, 0.05) is 18.0 Å². The molecule has 0 radical (unpaired) electrons. The fraction of sp³-hybridized carbons (Fsp3) is 0. The van der Waals surface area contributed by atoms with E-state index in [4.69, 9.17) is 26.3 Å². The number of nitrogens with zero attached hydrogens (tertiary/aromatic N) is 2. The maximum atomic E-state index is 5.94. The topological polar surface area (TPSA) is 78.1 Å². The van der Waals surface area contributed by atoms with Crippen LogP contribution in [0.1, 0.15) is 0 Å². The van der Waals surface area contributed by atoms with E-state index in [0.717, 1.165) is 5.56 Å². The first-order valence-electron chi connectivity index (χ1n) is 5.16. The zero-order valence-electron chi connectivity index (χ0n) is 9.13. The Kier molecular flexibility index (Phi) is 2.53. The van der Waals surface area contributed by atoms with Crippen molar-refractivity contribution in [3.8, 4) is 22.4 Å². The van der Waals surface area contributed by atoms with Crippen LogP contribution in [0, 0.1) is 0 Å². The number of halogens is 1. The maximum Gasteiger partial charge on any atom is 0.230 e. The fourth-order valence-electron chi connectivity index (χ4n) is 1.74. The highest BCUT2D eigenvalue weighted by atomic mass is 35.5. The Bertz CT molecular complexity index is 676. The Morgan fingerprint density at radius 1 is 1.28 bits per heavy atom. The molecule has 5 nitrogen and oxygen atoms in total. The quantitative estimate of drug-likeness (QED) is 0.766. The molecule has 18 heavy (non-hydrogen) atoms. The van der Waals surface area contributed by atoms with Gasteiger partial charge in [0.25, 0.3) is 0 Å². The second-order valence-corrected chi connectivity index (χ2v) is 3.96. The van der Waals surface area contributed by atoms with Crippen molar-refractivity contribution in [3.05, 3.63) is 42.1 Å². The first kappa shape index (κ1) is 10.9. The van der Waals surface area contributed by atoms with Gasteiger partial charge in [-0.1, -0.05) is 11.2 Å². The van der Waals surface area contributed by atoms with Gasteiger partial charge in [0.2, 0.25) is 11.1 Å². The van der Waals surface area contributed by atoms with Crippen LogP contribution in [0.2, 0.25) is 5.22 Å². The van der Waals surface area contributed by atoms with E-state index in [-0.39, 0.29) is 11.1 Å². The Labute approximate surface area is 107 Å². The molecule has 0 spiro atoms. The Balaban J connectivity index is 2.22. The van der Waals surface area contributed by atoms with E-state index in [1.54, 1.807) is 18.5 Å². The van der Waals surface area contributed by atoms with E-state index in [1.165, 1.54) is 6.26 Å². The molecule has 3 heterocycles. The van der Waals surface area contributed by atoms with Gasteiger partial charge >= 0.3 is 0 Å². The van der Waals surface area contributed by atoms with E-state index in [9.17, 15) is 0 Å². The molecule has 0 unspecified atom stereocenters. The second kappa shape index (κ2) is 4.19. The molecule has 3 rings (SSSR count). The third-order valence-corrected chi connectivity index (χ3v) is 2.83. The lowest BCUT2D eigenvalue weighted by Crippen LogP contribution is -1.87. The van der Waals surface area contributed by atoms with Gasteiger partial charge in [0.05, 0.1) is 17.4 Å². The van der Waals surface area contributed by atoms with Crippen LogP contribution in [0.25, 0.3) is 22.4 Å². The van der Waals surface area contributed by atoms with E-state index in [1.807, 2.05) is 12.1 Å². The zero-order valence-corrected chi connectivity index (χ0v) is 9.89. The van der Waals surface area contributed by atoms with Crippen LogP contribution in [0.5, 0.6) is 0 Å². The molecule has 0 aliphatic rings. The molecular weight excluding hydrogens is 254 g/mol. The minimum atomic E-state index is 0.218. The summed E-state index contributed by atoms with van der Waals surface area (Å²) in [7, 11) is 0. The number of pyridine rings is 1. The summed E-state index contributed by atoms with van der Waals surface area (Å²) >= 11 is 5.94. The first-order valence-corrected chi connectivity index (χ1v) is 5.54. The average molecular weight is 262 g/mol. The smallest absolute Gasteiger partial charge is 0.230 e. The van der Waals surface area contributed by atoms with Gasteiger partial charge in [-0.25, -0.2) is 0 Å². The van der Waals surface area contributed by atoms with Gasteiger partial charge in [0.15, 0.2) is 0 Å². The number of nitrogen functional groups attached to an aromatic ring is 1. The molecule has 0 aromatic carbocycles. The average Bonchev–Trinajstić information content (AvgIpc) is 2.96. The number of furan rings is 1. The first-order chi connectivity index (χ1) is 8.77. The van der Waals surface area contributed by atoms with Crippen LogP contribution >= 0.6 is 11.6 Å². The molecule has 0 atom stereocenters. The summed E-state index contributed by atoms with van der Waals surface area (Å²) in [5.41, 5.74) is 8.44. The number of nitrogens with two attached hydrogens (primary N) is 1. The van der Waals surface area contributed by atoms with Crippen LogP contribution in [0.4, 0.5) is 5.88 Å². The summed E-state index contributed by atoms with van der Waals surface area (Å²) in [6, 6.07) is 5.38. The molecule has 0 bridgehead atoms. The summed E-state index contributed by atoms with van der Waals surface area (Å²) in [5.74, 6) is 0.218. The zero-order chi connectivity index (χ0) is 12.5. The standard InChI is InChI=1S/C12H8ClN3O2/c13-11-8(3-5-17-11)10-9(12(14)18-16-10)7-2-1-4-15-6-7/h1-6H,14H2. The third-order valence-electron chi connectivity index (χ3n) is 2.54. The van der Waals surface area contributed by atoms with Crippen molar-refractivity contribution in [1.82, 2.24) is 10.1 Å². The van der Waals surface area contributed by atoms with E-state index >= 15 is 0 Å². The van der Waals surface area contributed by atoms with Crippen LogP contribution in [-0.4, -0.2) is 10.1 Å². The SMILES string of the molecule is Nc1onc(-c2ccoc2Cl)c1-c1cccnc1. The Morgan fingerprint density at radius 3 is 2.83 bits per heavy atom. The molecule has 6 heteroatoms. The van der Waals surface area contributed by atoms with Gasteiger partial charge in [-0.05, 0) is 23.7 Å². The number of hydrogen-bond acceptors (Lipinski definition) is 5. The summed E-state index contributed by atoms with van der Waals surface area (Å²) in [4.78, 5) is 4.05. The molecule has 3 aromatic heterocycles. The molecule has 0 fully saturated rings. The number of rotatable bonds is 2. The Morgan fingerprint density at radius 2 is 2.17 bits per heavy atom. The summed E-state index contributed by atoms with van der Waals surface area (Å²) in [6.45, 7) is 0. The van der Waals surface area contributed by atoms with Crippen LogP contribution in [0.15, 0.2) is 45.8 Å². The van der Waals surface area contributed by atoms with Crippen LogP contribution in [0.3, 0.4) is 0 Å². The highest BCUT2D eigenvalue weighted by molar-refractivity contribution is 6.31. The van der Waals surface area contributed by atoms with Gasteiger partial charge in [-0.3, -0.25) is 4.98 Å². The van der Waals surface area contributed by atoms with E-state index in [0.29, 0.717) is 16.8 Å². The minimum absolute atomic E-state index is 0.218. The molecule has 3 aromatic rings. The molecule has 90 valence electrons. The molecule has 0 aliphatic carbocycles. The third kappa shape index (κ3) is 1.65. The lowest BCUT2D eigenvalue weighted by Gasteiger charge is -2.00. The Hall–Kier alpha value is -2.27. The summed E-state index contributed by atoms with van der Waals surface area (Å²) in [6.07, 6.45) is 4.84. The normalized spacial score (nSPS) is 10.7. The van der Waals surface area contributed by atoms with Crippen LogP contribution < -0.4 is 5.73 Å². The number of anilines is 1. The molecule has 0 saturated carbocycles. The fourth-order valence-corrected chi connectivity index (χ4v) is 1.94. The lowest BCUT2D eigenvalue weighted by atomic mass is 10.0. The number of hydrogen-bond donors (Lipinski definition) is 1. The van der Waals surface area contributed by atoms with E-state index < -0.39 is 0 Å². The van der Waals surface area contributed by atoms with Crippen molar-refractivity contribution in [1.29, 1.82) is 0 Å². The van der Waals surface area contributed by atoms with Crippen molar-refractivity contribution in [2.75, 3.05) is 5.73 Å². The van der Waals surface area contributed by atoms with Crippen molar-refractivity contribution in [2.45, 2.75) is 0 Å². The maximum absolute atomic E-state index is 5.94. The van der Waals surface area contributed by atoms with Gasteiger partial charge in [-0.2, -0.15) is 0 Å². The van der Waals surface area contributed by atoms with Crippen molar-refractivity contribution in [3.63, 3.8) is 0 Å². The van der Waals surface area contributed by atoms with Crippen molar-refractivity contribution < 1.29 is 8.94 Å². The minimum Gasteiger partial charge on any atom is -0.452 e. The van der Waals surface area contributed by atoms with Crippen molar-refractivity contribution >= 4 is 17.5 Å². The highest BCUT2D eigenvalue weighted by Gasteiger charge is 2.20. The summed E-state index contributed by atoms with van der Waals surface area (Å²) < 4.78 is 10.1. The molecule has 0 saturated heterocycles. The van der Waals surface area contributed by atoms with Gasteiger partial charge in [0.1, 0.15) is 5.69 Å². The highest BCUT2D eigenvalue weighted by Crippen LogP contribution is 2.38. The predicted molar refractivity (Wildman–Crippen MR) is 66.9 cm³/mol. The van der Waals surface area contributed by atoms with Crippen molar-refractivity contribution in [2.24, 2.45) is 0 Å². The largest absolute Gasteiger partial charge is 0.452 e. The van der Waals surface area contributed by atoms with E-state index in [2.05, 4.69) is 10.1 Å². The molecule has 2 N–H and O–H groups in total. The second-order valence-electron chi connectivity index (χ2n) is 3.62. The van der Waals surface area contributed by atoms with Crippen LogP contribution in [-0.2, 0) is 0 Å². The molecule has 0 amide bonds. The molecule has 0 aliphatic heterocycles.